The van der Waals surface area contributed by atoms with E-state index >= 15 is 0 Å². The molecule has 5 rings (SSSR count). The lowest BCUT2D eigenvalue weighted by Gasteiger charge is -2.55. The minimum absolute atomic E-state index is 0.182. The second kappa shape index (κ2) is 7.32. The molecule has 0 radical (unpaired) electrons. The molecule has 1 saturated carbocycles. The van der Waals surface area contributed by atoms with Gasteiger partial charge in [-0.1, -0.05) is 66.7 Å². The van der Waals surface area contributed by atoms with Crippen molar-refractivity contribution < 1.29 is 24.3 Å². The van der Waals surface area contributed by atoms with E-state index in [-0.39, 0.29) is 18.4 Å². The van der Waals surface area contributed by atoms with E-state index in [1.165, 1.54) is 17.0 Å². The Hall–Kier alpha value is -3.90. The van der Waals surface area contributed by atoms with Gasteiger partial charge in [0.25, 0.3) is 11.8 Å². The lowest BCUT2D eigenvalue weighted by atomic mass is 9.61. The maximum absolute atomic E-state index is 13.2. The molecule has 0 saturated heterocycles. The number of rotatable bonds is 5. The van der Waals surface area contributed by atoms with Gasteiger partial charge < -0.3 is 5.11 Å². The van der Waals surface area contributed by atoms with Crippen molar-refractivity contribution in [3.8, 4) is 0 Å². The lowest BCUT2D eigenvalue weighted by Crippen LogP contribution is -2.63. The largest absolute Gasteiger partial charge is 0.390 e. The second-order valence-electron chi connectivity index (χ2n) is 8.98. The standard InChI is InChI=1S/C27H21NO5/c1-26(33)15-27(16-26,28-24(31)20-9-5-6-10-21(20)25(28)32)19-13-11-18(12-14-19)23(30)22(29)17-7-3-2-4-8-17/h2-14,33H,15-16H2,1H3/t26-,27-. The third-order valence-corrected chi connectivity index (χ3v) is 6.50. The van der Waals surface area contributed by atoms with Gasteiger partial charge in [0.2, 0.25) is 11.6 Å². The van der Waals surface area contributed by atoms with Crippen LogP contribution in [0.15, 0.2) is 78.9 Å². The van der Waals surface area contributed by atoms with Gasteiger partial charge in [-0.25, -0.2) is 0 Å². The van der Waals surface area contributed by atoms with Crippen molar-refractivity contribution in [1.82, 2.24) is 4.90 Å². The average Bonchev–Trinajstić information content (AvgIpc) is 3.07. The van der Waals surface area contributed by atoms with Crippen molar-refractivity contribution in [1.29, 1.82) is 0 Å². The van der Waals surface area contributed by atoms with Crippen LogP contribution in [0.1, 0.15) is 66.8 Å². The molecule has 0 unspecified atom stereocenters. The van der Waals surface area contributed by atoms with E-state index in [9.17, 15) is 24.3 Å². The zero-order chi connectivity index (χ0) is 23.4. The molecule has 0 aromatic heterocycles. The maximum atomic E-state index is 13.2. The normalized spacial score (nSPS) is 23.8. The molecular formula is C27H21NO5. The number of aliphatic hydroxyl groups is 1. The van der Waals surface area contributed by atoms with Gasteiger partial charge >= 0.3 is 0 Å². The summed E-state index contributed by atoms with van der Waals surface area (Å²) in [5.41, 5.74) is -0.218. The van der Waals surface area contributed by atoms with Crippen LogP contribution in [0.4, 0.5) is 0 Å². The Kier molecular flexibility index (Phi) is 4.65. The molecule has 3 aromatic carbocycles. The van der Waals surface area contributed by atoms with Crippen molar-refractivity contribution in [3.63, 3.8) is 0 Å². The molecule has 164 valence electrons. The van der Waals surface area contributed by atoms with Crippen molar-refractivity contribution >= 4 is 23.4 Å². The van der Waals surface area contributed by atoms with E-state index in [0.717, 1.165) is 0 Å². The number of nitrogens with zero attached hydrogens (tertiary/aromatic N) is 1. The first kappa shape index (κ1) is 21.0. The fraction of sp³-hybridized carbons (Fsp3) is 0.185. The lowest BCUT2D eigenvalue weighted by molar-refractivity contribution is -0.118. The Bertz CT molecular complexity index is 1260. The highest BCUT2D eigenvalue weighted by molar-refractivity contribution is 6.49. The van der Waals surface area contributed by atoms with Crippen molar-refractivity contribution in [2.45, 2.75) is 30.9 Å². The van der Waals surface area contributed by atoms with Crippen molar-refractivity contribution in [3.05, 3.63) is 107 Å². The maximum Gasteiger partial charge on any atom is 0.262 e. The molecule has 0 spiro atoms. The smallest absolute Gasteiger partial charge is 0.262 e. The number of Topliss-reactive ketones (excluding diaryl/α,β-unsaturated/α-hetero) is 2. The van der Waals surface area contributed by atoms with Gasteiger partial charge in [-0.15, -0.1) is 0 Å². The van der Waals surface area contributed by atoms with E-state index < -0.39 is 34.5 Å². The fourth-order valence-corrected chi connectivity index (χ4v) is 5.06. The summed E-state index contributed by atoms with van der Waals surface area (Å²) in [7, 11) is 0. The van der Waals surface area contributed by atoms with Gasteiger partial charge in [-0.2, -0.15) is 0 Å². The summed E-state index contributed by atoms with van der Waals surface area (Å²) in [5, 5.41) is 10.6. The van der Waals surface area contributed by atoms with Crippen molar-refractivity contribution in [2.75, 3.05) is 0 Å². The van der Waals surface area contributed by atoms with Crippen LogP contribution < -0.4 is 0 Å². The monoisotopic (exact) mass is 439 g/mol. The summed E-state index contributed by atoms with van der Waals surface area (Å²) in [6.45, 7) is 1.67. The average molecular weight is 439 g/mol. The quantitative estimate of drug-likeness (QED) is 0.371. The summed E-state index contributed by atoms with van der Waals surface area (Å²) >= 11 is 0. The molecule has 33 heavy (non-hydrogen) atoms. The molecule has 0 atom stereocenters. The predicted molar refractivity (Wildman–Crippen MR) is 120 cm³/mol. The number of ketones is 2. The third kappa shape index (κ3) is 3.22. The Morgan fingerprint density at radius 3 is 1.67 bits per heavy atom. The number of amides is 2. The minimum Gasteiger partial charge on any atom is -0.390 e. The second-order valence-corrected chi connectivity index (χ2v) is 8.98. The highest BCUT2D eigenvalue weighted by atomic mass is 16.3. The van der Waals surface area contributed by atoms with Gasteiger partial charge in [0.15, 0.2) is 0 Å². The molecule has 2 aliphatic rings. The van der Waals surface area contributed by atoms with Crippen LogP contribution in [-0.2, 0) is 5.54 Å². The zero-order valence-corrected chi connectivity index (χ0v) is 17.9. The molecule has 1 N–H and O–H groups in total. The minimum atomic E-state index is -1.03. The fourth-order valence-electron chi connectivity index (χ4n) is 5.06. The number of imide groups is 1. The van der Waals surface area contributed by atoms with Crippen LogP contribution in [0.5, 0.6) is 0 Å². The summed E-state index contributed by atoms with van der Waals surface area (Å²) < 4.78 is 0. The van der Waals surface area contributed by atoms with Crippen LogP contribution in [0.3, 0.4) is 0 Å². The molecule has 1 fully saturated rings. The Morgan fingerprint density at radius 2 is 1.18 bits per heavy atom. The van der Waals surface area contributed by atoms with Gasteiger partial charge in [0.1, 0.15) is 0 Å². The summed E-state index contributed by atoms with van der Waals surface area (Å²) in [6, 6.07) is 21.4. The summed E-state index contributed by atoms with van der Waals surface area (Å²) in [6.07, 6.45) is 0.364. The molecule has 1 aliphatic heterocycles. The van der Waals surface area contributed by atoms with E-state index in [0.29, 0.717) is 22.3 Å². The highest BCUT2D eigenvalue weighted by Gasteiger charge is 2.60. The Morgan fingerprint density at radius 1 is 0.727 bits per heavy atom. The molecule has 0 bridgehead atoms. The first-order valence-electron chi connectivity index (χ1n) is 10.7. The molecule has 3 aromatic rings. The van der Waals surface area contributed by atoms with Gasteiger partial charge in [-0.3, -0.25) is 24.1 Å². The first-order valence-corrected chi connectivity index (χ1v) is 10.7. The summed E-state index contributed by atoms with van der Waals surface area (Å²) in [4.78, 5) is 52.8. The van der Waals surface area contributed by atoms with E-state index in [4.69, 9.17) is 0 Å². The van der Waals surface area contributed by atoms with E-state index in [1.54, 1.807) is 73.7 Å². The molecule has 1 heterocycles. The number of carbonyl (C=O) groups excluding carboxylic acids is 4. The van der Waals surface area contributed by atoms with E-state index in [1.807, 2.05) is 0 Å². The summed E-state index contributed by atoms with van der Waals surface area (Å²) in [5.74, 6) is -2.04. The van der Waals surface area contributed by atoms with Crippen LogP contribution in [0.25, 0.3) is 0 Å². The van der Waals surface area contributed by atoms with Crippen LogP contribution in [0, 0.1) is 0 Å². The molecule has 6 nitrogen and oxygen atoms in total. The topological polar surface area (TPSA) is 91.8 Å². The van der Waals surface area contributed by atoms with Gasteiger partial charge in [-0.05, 0) is 24.6 Å². The Labute approximate surface area is 190 Å². The first-order chi connectivity index (χ1) is 15.7. The molecule has 6 heteroatoms. The van der Waals surface area contributed by atoms with Crippen LogP contribution in [-0.4, -0.2) is 39.0 Å². The van der Waals surface area contributed by atoms with E-state index in [2.05, 4.69) is 0 Å². The SMILES string of the molecule is C[C@]1(O)C[C@](c2ccc(C(=O)C(=O)c3ccccc3)cc2)(N2C(=O)c3ccccc3C2=O)C1. The molecule has 1 aliphatic carbocycles. The van der Waals surface area contributed by atoms with Gasteiger partial charge in [0.05, 0.1) is 22.3 Å². The predicted octanol–water partition coefficient (Wildman–Crippen LogP) is 3.79. The highest BCUT2D eigenvalue weighted by Crippen LogP contribution is 2.54. The number of fused-ring (bicyclic) bond motifs is 1. The number of carbonyl (C=O) groups is 4. The third-order valence-electron chi connectivity index (χ3n) is 6.50. The van der Waals surface area contributed by atoms with Crippen molar-refractivity contribution in [2.24, 2.45) is 0 Å². The zero-order valence-electron chi connectivity index (χ0n) is 17.9. The number of benzene rings is 3. The molecule has 2 amide bonds. The number of hydrogen-bond acceptors (Lipinski definition) is 5. The van der Waals surface area contributed by atoms with Gasteiger partial charge in [0, 0.05) is 24.0 Å². The number of hydrogen-bond donors (Lipinski definition) is 1. The molecular weight excluding hydrogens is 418 g/mol. The van der Waals surface area contributed by atoms with Crippen LogP contribution >= 0.6 is 0 Å². The Balaban J connectivity index is 1.49. The van der Waals surface area contributed by atoms with Crippen LogP contribution in [0.2, 0.25) is 0 Å².